The van der Waals surface area contributed by atoms with Crippen LogP contribution in [0.3, 0.4) is 0 Å². The maximum atomic E-state index is 13.0. The van der Waals surface area contributed by atoms with E-state index in [4.69, 9.17) is 0 Å². The molecule has 1 aliphatic rings. The Morgan fingerprint density at radius 1 is 1.43 bits per heavy atom. The number of rotatable bonds is 6. The molecule has 0 radical (unpaired) electrons. The molecular formula is C17H24FNO2. The van der Waals surface area contributed by atoms with Gasteiger partial charge in [-0.1, -0.05) is 32.4 Å². The van der Waals surface area contributed by atoms with Crippen LogP contribution in [0.2, 0.25) is 0 Å². The number of carbonyl (C=O) groups is 1. The van der Waals surface area contributed by atoms with Crippen LogP contribution in [0.15, 0.2) is 24.3 Å². The first-order chi connectivity index (χ1) is 9.82. The monoisotopic (exact) mass is 293 g/mol. The molecule has 1 saturated carbocycles. The molecule has 3 nitrogen and oxygen atoms in total. The van der Waals surface area contributed by atoms with Gasteiger partial charge in [-0.15, -0.1) is 0 Å². The molecule has 0 spiro atoms. The van der Waals surface area contributed by atoms with Crippen molar-refractivity contribution < 1.29 is 14.3 Å². The standard InChI is InChI=1S/C17H24FNO2/c1-4-12(2)16(3,21)11-19-15(20)17(9-10-17)13-5-7-14(18)8-6-13/h5-8,12,21H,4,9-11H2,1-3H3,(H,19,20). The second kappa shape index (κ2) is 5.76. The number of hydrogen-bond donors (Lipinski definition) is 2. The average Bonchev–Trinajstić information content (AvgIpc) is 3.26. The van der Waals surface area contributed by atoms with Crippen LogP contribution in [-0.4, -0.2) is 23.2 Å². The Morgan fingerprint density at radius 3 is 2.48 bits per heavy atom. The van der Waals surface area contributed by atoms with Crippen LogP contribution in [-0.2, 0) is 10.2 Å². The summed E-state index contributed by atoms with van der Waals surface area (Å²) in [4.78, 5) is 12.5. The minimum atomic E-state index is -0.913. The van der Waals surface area contributed by atoms with Gasteiger partial charge in [0.05, 0.1) is 11.0 Å². The summed E-state index contributed by atoms with van der Waals surface area (Å²) in [6.45, 7) is 5.98. The fraction of sp³-hybridized carbons (Fsp3) is 0.588. The molecule has 1 amide bonds. The third-order valence-corrected chi connectivity index (χ3v) is 4.86. The molecule has 0 bridgehead atoms. The first-order valence-corrected chi connectivity index (χ1v) is 7.58. The first-order valence-electron chi connectivity index (χ1n) is 7.58. The molecular weight excluding hydrogens is 269 g/mol. The number of halogens is 1. The maximum absolute atomic E-state index is 13.0. The minimum Gasteiger partial charge on any atom is -0.388 e. The van der Waals surface area contributed by atoms with E-state index < -0.39 is 11.0 Å². The van der Waals surface area contributed by atoms with Crippen LogP contribution in [0.5, 0.6) is 0 Å². The summed E-state index contributed by atoms with van der Waals surface area (Å²) >= 11 is 0. The molecule has 1 aliphatic carbocycles. The summed E-state index contributed by atoms with van der Waals surface area (Å²) in [5.41, 5.74) is -0.590. The van der Waals surface area contributed by atoms with Crippen molar-refractivity contribution in [3.05, 3.63) is 35.6 Å². The van der Waals surface area contributed by atoms with Crippen molar-refractivity contribution in [2.24, 2.45) is 5.92 Å². The molecule has 2 rings (SSSR count). The highest BCUT2D eigenvalue weighted by atomic mass is 19.1. The van der Waals surface area contributed by atoms with Gasteiger partial charge in [-0.25, -0.2) is 4.39 Å². The third kappa shape index (κ3) is 3.26. The van der Waals surface area contributed by atoms with Gasteiger partial charge in [0.15, 0.2) is 0 Å². The highest BCUT2D eigenvalue weighted by Gasteiger charge is 2.51. The molecule has 4 heteroatoms. The zero-order valence-electron chi connectivity index (χ0n) is 12.9. The van der Waals surface area contributed by atoms with E-state index >= 15 is 0 Å². The molecule has 116 valence electrons. The van der Waals surface area contributed by atoms with Crippen LogP contribution in [0, 0.1) is 11.7 Å². The van der Waals surface area contributed by atoms with Gasteiger partial charge < -0.3 is 10.4 Å². The summed E-state index contributed by atoms with van der Waals surface area (Å²) in [5, 5.41) is 13.2. The van der Waals surface area contributed by atoms with Gasteiger partial charge in [-0.3, -0.25) is 4.79 Å². The summed E-state index contributed by atoms with van der Waals surface area (Å²) < 4.78 is 13.0. The Hall–Kier alpha value is -1.42. The Morgan fingerprint density at radius 2 is 2.00 bits per heavy atom. The SMILES string of the molecule is CCC(C)C(C)(O)CNC(=O)C1(c2ccc(F)cc2)CC1. The van der Waals surface area contributed by atoms with Gasteiger partial charge in [-0.05, 0) is 43.4 Å². The minimum absolute atomic E-state index is 0.0716. The number of nitrogens with one attached hydrogen (secondary N) is 1. The maximum Gasteiger partial charge on any atom is 0.230 e. The smallest absolute Gasteiger partial charge is 0.230 e. The second-order valence-corrected chi connectivity index (χ2v) is 6.44. The van der Waals surface area contributed by atoms with E-state index in [0.717, 1.165) is 24.8 Å². The molecule has 2 N–H and O–H groups in total. The van der Waals surface area contributed by atoms with Gasteiger partial charge in [-0.2, -0.15) is 0 Å². The van der Waals surface area contributed by atoms with Gasteiger partial charge in [0, 0.05) is 6.54 Å². The number of benzene rings is 1. The largest absolute Gasteiger partial charge is 0.388 e. The van der Waals surface area contributed by atoms with Crippen LogP contribution in [0.4, 0.5) is 4.39 Å². The molecule has 2 atom stereocenters. The molecule has 0 heterocycles. The van der Waals surface area contributed by atoms with Crippen molar-refractivity contribution in [3.63, 3.8) is 0 Å². The fourth-order valence-electron chi connectivity index (χ4n) is 2.58. The molecule has 0 aromatic heterocycles. The predicted molar refractivity (Wildman–Crippen MR) is 80.4 cm³/mol. The number of amides is 1. The van der Waals surface area contributed by atoms with E-state index in [1.165, 1.54) is 12.1 Å². The first kappa shape index (κ1) is 16.0. The number of carbonyl (C=O) groups excluding carboxylic acids is 1. The van der Waals surface area contributed by atoms with Crippen molar-refractivity contribution in [2.75, 3.05) is 6.54 Å². The van der Waals surface area contributed by atoms with Crippen LogP contribution in [0.1, 0.15) is 45.6 Å². The second-order valence-electron chi connectivity index (χ2n) is 6.44. The van der Waals surface area contributed by atoms with Crippen molar-refractivity contribution in [3.8, 4) is 0 Å². The van der Waals surface area contributed by atoms with E-state index in [9.17, 15) is 14.3 Å². The van der Waals surface area contributed by atoms with Crippen molar-refractivity contribution in [2.45, 2.75) is 51.0 Å². The predicted octanol–water partition coefficient (Wildman–Crippen LogP) is 2.77. The van der Waals surface area contributed by atoms with Crippen LogP contribution >= 0.6 is 0 Å². The van der Waals surface area contributed by atoms with Crippen molar-refractivity contribution in [1.29, 1.82) is 0 Å². The van der Waals surface area contributed by atoms with Gasteiger partial charge >= 0.3 is 0 Å². The summed E-state index contributed by atoms with van der Waals surface area (Å²) in [7, 11) is 0. The van der Waals surface area contributed by atoms with E-state index in [0.29, 0.717) is 0 Å². The Bertz CT molecular complexity index is 506. The summed E-state index contributed by atoms with van der Waals surface area (Å²) in [6, 6.07) is 6.12. The van der Waals surface area contributed by atoms with Crippen molar-refractivity contribution in [1.82, 2.24) is 5.32 Å². The van der Waals surface area contributed by atoms with Gasteiger partial charge in [0.2, 0.25) is 5.91 Å². The van der Waals surface area contributed by atoms with Crippen LogP contribution < -0.4 is 5.32 Å². The lowest BCUT2D eigenvalue weighted by molar-refractivity contribution is -0.125. The molecule has 0 aliphatic heterocycles. The normalized spacial score (nSPS) is 20.4. The molecule has 21 heavy (non-hydrogen) atoms. The Kier molecular flexibility index (Phi) is 4.38. The average molecular weight is 293 g/mol. The van der Waals surface area contributed by atoms with Crippen LogP contribution in [0.25, 0.3) is 0 Å². The molecule has 2 unspecified atom stereocenters. The quantitative estimate of drug-likeness (QED) is 0.847. The molecule has 1 aromatic carbocycles. The molecule has 1 aromatic rings. The summed E-state index contributed by atoms with van der Waals surface area (Å²) in [6.07, 6.45) is 2.40. The Labute approximate surface area is 125 Å². The summed E-state index contributed by atoms with van der Waals surface area (Å²) in [5.74, 6) is -0.258. The third-order valence-electron chi connectivity index (χ3n) is 4.86. The zero-order chi connectivity index (χ0) is 15.7. The molecule has 0 saturated heterocycles. The van der Waals surface area contributed by atoms with E-state index in [-0.39, 0.29) is 24.2 Å². The van der Waals surface area contributed by atoms with E-state index in [1.807, 2.05) is 13.8 Å². The Balaban J connectivity index is 2.02. The van der Waals surface area contributed by atoms with Gasteiger partial charge in [0.1, 0.15) is 5.82 Å². The lowest BCUT2D eigenvalue weighted by Crippen LogP contribution is -2.47. The number of hydrogen-bond acceptors (Lipinski definition) is 2. The highest BCUT2D eigenvalue weighted by Crippen LogP contribution is 2.48. The van der Waals surface area contributed by atoms with Gasteiger partial charge in [0.25, 0.3) is 0 Å². The topological polar surface area (TPSA) is 49.3 Å². The van der Waals surface area contributed by atoms with E-state index in [1.54, 1.807) is 19.1 Å². The lowest BCUT2D eigenvalue weighted by atomic mass is 9.88. The van der Waals surface area contributed by atoms with Crippen molar-refractivity contribution >= 4 is 5.91 Å². The van der Waals surface area contributed by atoms with E-state index in [2.05, 4.69) is 5.32 Å². The number of aliphatic hydroxyl groups is 1. The zero-order valence-corrected chi connectivity index (χ0v) is 12.9. The fourth-order valence-corrected chi connectivity index (χ4v) is 2.58. The lowest BCUT2D eigenvalue weighted by Gasteiger charge is -2.30. The molecule has 1 fully saturated rings. The highest BCUT2D eigenvalue weighted by molar-refractivity contribution is 5.91.